The molecule has 1 heterocycles. The van der Waals surface area contributed by atoms with Gasteiger partial charge in [0, 0.05) is 28.9 Å². The summed E-state index contributed by atoms with van der Waals surface area (Å²) in [6.07, 6.45) is 1.36. The molecule has 3 amide bonds. The average Bonchev–Trinajstić information content (AvgIpc) is 3.08. The third-order valence-electron chi connectivity index (χ3n) is 4.15. The Balaban J connectivity index is 1.54. The number of carbonyl (C=O) groups excluding carboxylic acids is 3. The van der Waals surface area contributed by atoms with Gasteiger partial charge >= 0.3 is 0 Å². The Morgan fingerprint density at radius 2 is 1.93 bits per heavy atom. The molecule has 0 saturated heterocycles. The summed E-state index contributed by atoms with van der Waals surface area (Å²) in [7, 11) is 1.54. The first-order valence-electron chi connectivity index (χ1n) is 9.00. The van der Waals surface area contributed by atoms with Crippen LogP contribution >= 0.6 is 11.6 Å². The number of halogens is 1. The summed E-state index contributed by atoms with van der Waals surface area (Å²) < 4.78 is 0. The van der Waals surface area contributed by atoms with Gasteiger partial charge in [0.2, 0.25) is 11.9 Å². The van der Waals surface area contributed by atoms with Crippen LogP contribution in [0.4, 0.5) is 5.69 Å². The topological polar surface area (TPSA) is 124 Å². The van der Waals surface area contributed by atoms with Gasteiger partial charge in [0.05, 0.1) is 12.6 Å². The summed E-state index contributed by atoms with van der Waals surface area (Å²) in [4.78, 5) is 40.0. The number of nitrogens with zero attached hydrogens (tertiary/aromatic N) is 2. The highest BCUT2D eigenvalue weighted by molar-refractivity contribution is 6.33. The van der Waals surface area contributed by atoms with Gasteiger partial charge in [0.25, 0.3) is 11.8 Å². The van der Waals surface area contributed by atoms with Crippen LogP contribution in [0.3, 0.4) is 0 Å². The van der Waals surface area contributed by atoms with Crippen molar-refractivity contribution in [2.75, 3.05) is 12.4 Å². The second kappa shape index (κ2) is 9.66. The number of hydrogen-bond donors (Lipinski definition) is 4. The summed E-state index contributed by atoms with van der Waals surface area (Å²) in [5.74, 6) is -0.860. The summed E-state index contributed by atoms with van der Waals surface area (Å²) >= 11 is 6.04. The highest BCUT2D eigenvalue weighted by Gasteiger charge is 2.28. The summed E-state index contributed by atoms with van der Waals surface area (Å²) in [5, 5.41) is 12.3. The van der Waals surface area contributed by atoms with Crippen LogP contribution in [0.25, 0.3) is 0 Å². The number of anilines is 1. The molecule has 9 nitrogen and oxygen atoms in total. The van der Waals surface area contributed by atoms with Gasteiger partial charge in [0.15, 0.2) is 0 Å². The molecule has 2 aromatic rings. The van der Waals surface area contributed by atoms with Crippen LogP contribution in [-0.4, -0.2) is 43.0 Å². The average molecular weight is 427 g/mol. The molecule has 0 spiro atoms. The van der Waals surface area contributed by atoms with E-state index in [1.54, 1.807) is 42.5 Å². The van der Waals surface area contributed by atoms with Crippen LogP contribution in [0.2, 0.25) is 5.02 Å². The van der Waals surface area contributed by atoms with Crippen LogP contribution < -0.4 is 21.4 Å². The molecule has 0 bridgehead atoms. The zero-order valence-corrected chi connectivity index (χ0v) is 16.7. The summed E-state index contributed by atoms with van der Waals surface area (Å²) in [5.41, 5.74) is 4.31. The quantitative estimate of drug-likeness (QED) is 0.412. The van der Waals surface area contributed by atoms with E-state index in [-0.39, 0.29) is 24.2 Å². The largest absolute Gasteiger partial charge is 0.355 e. The van der Waals surface area contributed by atoms with E-state index >= 15 is 0 Å². The molecule has 154 valence electrons. The molecule has 30 heavy (non-hydrogen) atoms. The Kier molecular flexibility index (Phi) is 6.76. The monoisotopic (exact) mass is 426 g/mol. The van der Waals surface area contributed by atoms with E-state index in [0.29, 0.717) is 21.8 Å². The fraction of sp³-hybridized carbons (Fsp3) is 0.150. The normalized spacial score (nSPS) is 15.5. The Hall–Kier alpha value is -3.72. The highest BCUT2D eigenvalue weighted by Crippen LogP contribution is 2.13. The minimum absolute atomic E-state index is 0.136. The first-order chi connectivity index (χ1) is 14.5. The number of amides is 3. The predicted octanol–water partition coefficient (Wildman–Crippen LogP) is 1.51. The van der Waals surface area contributed by atoms with E-state index in [4.69, 9.17) is 11.6 Å². The Morgan fingerprint density at radius 1 is 1.20 bits per heavy atom. The van der Waals surface area contributed by atoms with Crippen molar-refractivity contribution in [3.8, 4) is 0 Å². The second-order valence-electron chi connectivity index (χ2n) is 6.28. The zero-order valence-electron chi connectivity index (χ0n) is 16.0. The maximum Gasteiger partial charge on any atom is 0.252 e. The molecule has 0 saturated carbocycles. The van der Waals surface area contributed by atoms with Crippen LogP contribution in [-0.2, 0) is 9.59 Å². The zero-order chi connectivity index (χ0) is 21.5. The molecule has 0 aromatic heterocycles. The first-order valence-corrected chi connectivity index (χ1v) is 9.38. The van der Waals surface area contributed by atoms with Crippen molar-refractivity contribution < 1.29 is 14.4 Å². The first kappa shape index (κ1) is 21.0. The molecule has 4 N–H and O–H groups in total. The Bertz CT molecular complexity index is 1020. The van der Waals surface area contributed by atoms with Gasteiger partial charge in [-0.3, -0.25) is 19.7 Å². The lowest BCUT2D eigenvalue weighted by molar-refractivity contribution is -0.123. The Morgan fingerprint density at radius 3 is 2.63 bits per heavy atom. The van der Waals surface area contributed by atoms with Crippen molar-refractivity contribution in [2.45, 2.75) is 12.5 Å². The third kappa shape index (κ3) is 5.42. The lowest BCUT2D eigenvalue weighted by Gasteiger charge is -2.07. The van der Waals surface area contributed by atoms with Gasteiger partial charge in [0.1, 0.15) is 6.04 Å². The molecule has 3 rings (SSSR count). The van der Waals surface area contributed by atoms with E-state index in [0.717, 1.165) is 0 Å². The van der Waals surface area contributed by atoms with Crippen molar-refractivity contribution in [1.82, 2.24) is 16.1 Å². The van der Waals surface area contributed by atoms with Crippen LogP contribution in [0.15, 0.2) is 58.6 Å². The molecule has 0 radical (unpaired) electrons. The van der Waals surface area contributed by atoms with Gasteiger partial charge in [-0.25, -0.2) is 10.4 Å². The van der Waals surface area contributed by atoms with Crippen molar-refractivity contribution in [3.63, 3.8) is 0 Å². The van der Waals surface area contributed by atoms with Crippen molar-refractivity contribution >= 4 is 47.2 Å². The van der Waals surface area contributed by atoms with Crippen LogP contribution in [0.5, 0.6) is 0 Å². The highest BCUT2D eigenvalue weighted by atomic mass is 35.5. The van der Waals surface area contributed by atoms with E-state index in [9.17, 15) is 14.4 Å². The number of nitrogens with one attached hydrogen (secondary N) is 4. The van der Waals surface area contributed by atoms with E-state index in [1.165, 1.54) is 13.3 Å². The Labute approximate surface area is 177 Å². The second-order valence-corrected chi connectivity index (χ2v) is 6.69. The number of hydrazone groups is 1. The number of rotatable bonds is 6. The van der Waals surface area contributed by atoms with Gasteiger partial charge in [-0.1, -0.05) is 29.8 Å². The van der Waals surface area contributed by atoms with Gasteiger partial charge in [-0.2, -0.15) is 5.10 Å². The van der Waals surface area contributed by atoms with Crippen LogP contribution in [0, 0.1) is 0 Å². The molecule has 1 aliphatic heterocycles. The standard InChI is InChI=1S/C20H19ClN6O3/c1-22-18(29)12-6-8-14(9-7-12)24-17(28)10-16-19(30)26-20(25-16)27-23-11-13-4-2-3-5-15(13)21/h2-9,11,16H,10H2,1H3,(H,22,29)(H,24,28)(H2,25,26,27,30). The number of hydrogen-bond acceptors (Lipinski definition) is 6. The fourth-order valence-corrected chi connectivity index (χ4v) is 2.81. The number of aliphatic imine (C=N–C) groups is 1. The predicted molar refractivity (Wildman–Crippen MR) is 115 cm³/mol. The lowest BCUT2D eigenvalue weighted by Crippen LogP contribution is -2.35. The minimum atomic E-state index is -0.867. The minimum Gasteiger partial charge on any atom is -0.355 e. The van der Waals surface area contributed by atoms with Crippen molar-refractivity contribution in [1.29, 1.82) is 0 Å². The van der Waals surface area contributed by atoms with Gasteiger partial charge in [-0.05, 0) is 30.3 Å². The van der Waals surface area contributed by atoms with Gasteiger partial charge < -0.3 is 10.6 Å². The van der Waals surface area contributed by atoms with Crippen molar-refractivity contribution in [3.05, 3.63) is 64.7 Å². The molecule has 0 fully saturated rings. The molecule has 0 aliphatic carbocycles. The van der Waals surface area contributed by atoms with E-state index in [2.05, 4.69) is 31.5 Å². The fourth-order valence-electron chi connectivity index (χ4n) is 2.62. The van der Waals surface area contributed by atoms with Crippen molar-refractivity contribution in [2.24, 2.45) is 10.1 Å². The molecular formula is C20H19ClN6O3. The summed E-state index contributed by atoms with van der Waals surface area (Å²) in [6, 6.07) is 12.7. The summed E-state index contributed by atoms with van der Waals surface area (Å²) in [6.45, 7) is 0. The SMILES string of the molecule is CNC(=O)c1ccc(NC(=O)CC2N=C(NN=Cc3ccccc3Cl)NC2=O)cc1. The van der Waals surface area contributed by atoms with E-state index in [1.807, 2.05) is 6.07 Å². The molecule has 10 heteroatoms. The smallest absolute Gasteiger partial charge is 0.252 e. The molecule has 2 aromatic carbocycles. The molecular weight excluding hydrogens is 408 g/mol. The molecule has 1 atom stereocenters. The molecule has 1 unspecified atom stereocenters. The number of benzene rings is 2. The van der Waals surface area contributed by atoms with E-state index < -0.39 is 11.9 Å². The number of carbonyl (C=O) groups is 3. The van der Waals surface area contributed by atoms with Gasteiger partial charge in [-0.15, -0.1) is 0 Å². The number of guanidine groups is 1. The maximum absolute atomic E-state index is 12.2. The third-order valence-corrected chi connectivity index (χ3v) is 4.49. The van der Waals surface area contributed by atoms with Crippen LogP contribution in [0.1, 0.15) is 22.3 Å². The maximum atomic E-state index is 12.2. The molecule has 1 aliphatic rings. The lowest BCUT2D eigenvalue weighted by atomic mass is 10.1.